The zero-order valence-corrected chi connectivity index (χ0v) is 18.6. The van der Waals surface area contributed by atoms with Crippen molar-refractivity contribution in [3.05, 3.63) is 76.5 Å². The number of benzene rings is 2. The van der Waals surface area contributed by atoms with Crippen molar-refractivity contribution in [3.63, 3.8) is 0 Å². The molecule has 0 aliphatic carbocycles. The average molecular weight is 489 g/mol. The Kier molecular flexibility index (Phi) is 6.60. The topological polar surface area (TPSA) is 99.3 Å². The first-order chi connectivity index (χ1) is 14.3. The van der Waals surface area contributed by atoms with Crippen LogP contribution < -0.4 is 4.72 Å². The Morgan fingerprint density at radius 1 is 1.27 bits per heavy atom. The molecule has 1 heterocycles. The van der Waals surface area contributed by atoms with E-state index >= 15 is 0 Å². The molecule has 0 saturated carbocycles. The quantitative estimate of drug-likeness (QED) is 0.431. The van der Waals surface area contributed by atoms with Gasteiger partial charge in [-0.1, -0.05) is 58.9 Å². The normalized spacial score (nSPS) is 13.0. The molecule has 3 N–H and O–H groups in total. The van der Waals surface area contributed by atoms with Gasteiger partial charge in [-0.25, -0.2) is 8.42 Å². The lowest BCUT2D eigenvalue weighted by Crippen LogP contribution is -2.42. The lowest BCUT2D eigenvalue weighted by Gasteiger charge is -2.16. The van der Waals surface area contributed by atoms with Crippen molar-refractivity contribution in [1.82, 2.24) is 9.71 Å². The fourth-order valence-electron chi connectivity index (χ4n) is 3.33. The van der Waals surface area contributed by atoms with Crippen molar-refractivity contribution in [2.24, 2.45) is 0 Å². The predicted octanol–water partition coefficient (Wildman–Crippen LogP) is 4.58. The summed E-state index contributed by atoms with van der Waals surface area (Å²) in [6.45, 7) is 5.64. The van der Waals surface area contributed by atoms with Gasteiger partial charge in [0.25, 0.3) is 0 Å². The molecule has 1 aromatic heterocycles. The van der Waals surface area contributed by atoms with E-state index in [2.05, 4.69) is 32.2 Å². The van der Waals surface area contributed by atoms with Gasteiger partial charge in [-0.15, -0.1) is 0 Å². The minimum Gasteiger partial charge on any atom is -0.480 e. The molecule has 0 fully saturated rings. The van der Waals surface area contributed by atoms with Gasteiger partial charge in [0.1, 0.15) is 6.04 Å². The average Bonchev–Trinajstić information content (AvgIpc) is 3.09. The minimum absolute atomic E-state index is 0.0279. The molecule has 156 valence electrons. The summed E-state index contributed by atoms with van der Waals surface area (Å²) in [7, 11) is -4.09. The summed E-state index contributed by atoms with van der Waals surface area (Å²) >= 11 is 3.42. The molecule has 0 amide bonds. The molecule has 3 rings (SSSR count). The number of H-pyrrole nitrogens is 1. The molecule has 6 nitrogen and oxygen atoms in total. The smallest absolute Gasteiger partial charge is 0.322 e. The third kappa shape index (κ3) is 4.40. The first-order valence-electron chi connectivity index (χ1n) is 9.16. The maximum Gasteiger partial charge on any atom is 0.322 e. The van der Waals surface area contributed by atoms with Crippen LogP contribution in [0.25, 0.3) is 22.9 Å². The summed E-state index contributed by atoms with van der Waals surface area (Å²) in [4.78, 5) is 15.0. The van der Waals surface area contributed by atoms with E-state index in [4.69, 9.17) is 0 Å². The van der Waals surface area contributed by atoms with E-state index in [0.29, 0.717) is 10.9 Å². The summed E-state index contributed by atoms with van der Waals surface area (Å²) in [5.74, 6) is -1.26. The summed E-state index contributed by atoms with van der Waals surface area (Å²) in [5, 5.41) is 10.9. The Bertz CT molecular complexity index is 1250. The van der Waals surface area contributed by atoms with Gasteiger partial charge in [0.2, 0.25) is 10.0 Å². The zero-order valence-electron chi connectivity index (χ0n) is 16.2. The molecule has 0 aliphatic rings. The second-order valence-corrected chi connectivity index (χ2v) is 9.19. The Labute approximate surface area is 183 Å². The van der Waals surface area contributed by atoms with Crippen molar-refractivity contribution in [2.45, 2.75) is 24.3 Å². The van der Waals surface area contributed by atoms with Gasteiger partial charge in [-0.05, 0) is 36.1 Å². The number of halogens is 1. The van der Waals surface area contributed by atoms with Crippen LogP contribution in [0.4, 0.5) is 0 Å². The Morgan fingerprint density at radius 3 is 2.60 bits per heavy atom. The van der Waals surface area contributed by atoms with E-state index in [-0.39, 0.29) is 11.3 Å². The Hall–Kier alpha value is -2.68. The van der Waals surface area contributed by atoms with Crippen LogP contribution in [0.15, 0.2) is 64.6 Å². The second kappa shape index (κ2) is 8.99. The van der Waals surface area contributed by atoms with Crippen molar-refractivity contribution in [3.8, 4) is 0 Å². The predicted molar refractivity (Wildman–Crippen MR) is 123 cm³/mol. The lowest BCUT2D eigenvalue weighted by atomic mass is 10.0. The fraction of sp³-hybridized carbons (Fsp3) is 0.136. The molecule has 1 unspecified atom stereocenters. The number of hydrogen-bond donors (Lipinski definition) is 3. The van der Waals surface area contributed by atoms with Crippen LogP contribution in [-0.2, 0) is 21.2 Å². The second-order valence-electron chi connectivity index (χ2n) is 6.65. The Morgan fingerprint density at radius 2 is 1.97 bits per heavy atom. The molecule has 0 aliphatic heterocycles. The van der Waals surface area contributed by atoms with E-state index in [9.17, 15) is 18.3 Å². The SMILES string of the molecule is C=Cc1c(CC(NS(=O)(=O)c2ccc(Br)c3ccccc23)C(=O)O)c[nH]c1/C=C\C. The molecular formula is C22H21BrN2O4S. The molecular weight excluding hydrogens is 468 g/mol. The highest BCUT2D eigenvalue weighted by molar-refractivity contribution is 9.10. The molecule has 3 aromatic rings. The number of aliphatic carboxylic acids is 1. The number of carboxylic acids is 1. The first kappa shape index (κ1) is 22.0. The van der Waals surface area contributed by atoms with E-state index in [1.807, 2.05) is 25.1 Å². The number of carboxylic acid groups (broad SMARTS) is 1. The number of allylic oxidation sites excluding steroid dienone is 1. The van der Waals surface area contributed by atoms with E-state index < -0.39 is 22.0 Å². The monoisotopic (exact) mass is 488 g/mol. The molecule has 0 spiro atoms. The number of carbonyl (C=O) groups is 1. The van der Waals surface area contributed by atoms with Crippen molar-refractivity contribution >= 4 is 54.8 Å². The van der Waals surface area contributed by atoms with Gasteiger partial charge < -0.3 is 10.1 Å². The van der Waals surface area contributed by atoms with Gasteiger partial charge in [-0.2, -0.15) is 4.72 Å². The fourth-order valence-corrected chi connectivity index (χ4v) is 5.21. The largest absolute Gasteiger partial charge is 0.480 e. The molecule has 8 heteroatoms. The van der Waals surface area contributed by atoms with Crippen molar-refractivity contribution in [2.75, 3.05) is 0 Å². The highest BCUT2D eigenvalue weighted by Crippen LogP contribution is 2.29. The van der Waals surface area contributed by atoms with Gasteiger partial charge in [-0.3, -0.25) is 4.79 Å². The van der Waals surface area contributed by atoms with E-state index in [1.54, 1.807) is 36.5 Å². The summed E-state index contributed by atoms with van der Waals surface area (Å²) < 4.78 is 29.3. The van der Waals surface area contributed by atoms with Gasteiger partial charge in [0.15, 0.2) is 0 Å². The number of sulfonamides is 1. The third-order valence-electron chi connectivity index (χ3n) is 4.72. The van der Waals surface area contributed by atoms with Crippen LogP contribution in [-0.4, -0.2) is 30.5 Å². The third-order valence-corrected chi connectivity index (χ3v) is 6.94. The molecule has 1 atom stereocenters. The Balaban J connectivity index is 1.97. The van der Waals surface area contributed by atoms with Crippen molar-refractivity contribution in [1.29, 1.82) is 0 Å². The number of aromatic nitrogens is 1. The number of nitrogens with one attached hydrogen (secondary N) is 2. The lowest BCUT2D eigenvalue weighted by molar-refractivity contribution is -0.138. The summed E-state index contributed by atoms with van der Waals surface area (Å²) in [5.41, 5.74) is 2.19. The number of rotatable bonds is 8. The minimum atomic E-state index is -4.09. The van der Waals surface area contributed by atoms with Crippen LogP contribution in [0.3, 0.4) is 0 Å². The molecule has 0 saturated heterocycles. The van der Waals surface area contributed by atoms with Gasteiger partial charge >= 0.3 is 5.97 Å². The molecule has 2 aromatic carbocycles. The maximum atomic E-state index is 13.1. The summed E-state index contributed by atoms with van der Waals surface area (Å²) in [6.07, 6.45) is 6.95. The van der Waals surface area contributed by atoms with Crippen LogP contribution in [0, 0.1) is 0 Å². The van der Waals surface area contributed by atoms with E-state index in [0.717, 1.165) is 21.1 Å². The van der Waals surface area contributed by atoms with Crippen LogP contribution >= 0.6 is 15.9 Å². The number of fused-ring (bicyclic) bond motifs is 1. The zero-order chi connectivity index (χ0) is 21.9. The number of aromatic amines is 1. The standard InChI is InChI=1S/C22H21BrN2O4S/c1-3-7-19-15(4-2)14(13-24-19)12-20(22(26)27)25-30(28,29)21-11-10-18(23)16-8-5-6-9-17(16)21/h3-11,13,20,24-25H,2,12H2,1H3,(H,26,27)/b7-3-. The molecule has 30 heavy (non-hydrogen) atoms. The maximum absolute atomic E-state index is 13.1. The highest BCUT2D eigenvalue weighted by atomic mass is 79.9. The van der Waals surface area contributed by atoms with Crippen LogP contribution in [0.5, 0.6) is 0 Å². The van der Waals surface area contributed by atoms with Crippen LogP contribution in [0.1, 0.15) is 23.7 Å². The van der Waals surface area contributed by atoms with Crippen molar-refractivity contribution < 1.29 is 18.3 Å². The molecule has 0 bridgehead atoms. The highest BCUT2D eigenvalue weighted by Gasteiger charge is 2.28. The number of hydrogen-bond acceptors (Lipinski definition) is 3. The van der Waals surface area contributed by atoms with Gasteiger partial charge in [0, 0.05) is 33.7 Å². The van der Waals surface area contributed by atoms with Gasteiger partial charge in [0.05, 0.1) is 4.90 Å². The van der Waals surface area contributed by atoms with Crippen LogP contribution in [0.2, 0.25) is 0 Å². The first-order valence-corrected chi connectivity index (χ1v) is 11.4. The van der Waals surface area contributed by atoms with E-state index in [1.165, 1.54) is 6.07 Å². The molecule has 0 radical (unpaired) electrons. The summed E-state index contributed by atoms with van der Waals surface area (Å²) in [6, 6.07) is 8.79.